The number of aryl methyl sites for hydroxylation is 2. The molecular formula is C22H20N4O2S4. The van der Waals surface area contributed by atoms with E-state index < -0.39 is 0 Å². The lowest BCUT2D eigenvalue weighted by molar-refractivity contribution is 0.399. The molecule has 0 N–H and O–H groups in total. The molecule has 0 fully saturated rings. The Kier molecular flexibility index (Phi) is 7.86. The predicted molar refractivity (Wildman–Crippen MR) is 132 cm³/mol. The smallest absolute Gasteiger partial charge is 0.169 e. The van der Waals surface area contributed by atoms with E-state index in [1.807, 2.05) is 52.3 Å². The van der Waals surface area contributed by atoms with E-state index in [0.29, 0.717) is 0 Å². The molecule has 0 unspecified atom stereocenters. The van der Waals surface area contributed by atoms with Gasteiger partial charge in [-0.05, 0) is 51.3 Å². The van der Waals surface area contributed by atoms with Gasteiger partial charge in [0.2, 0.25) is 0 Å². The maximum atomic E-state index is 9.01. The first-order chi connectivity index (χ1) is 15.3. The van der Waals surface area contributed by atoms with Gasteiger partial charge in [-0.2, -0.15) is 10.5 Å². The van der Waals surface area contributed by atoms with Gasteiger partial charge < -0.3 is 9.05 Å². The molecule has 6 nitrogen and oxygen atoms in total. The lowest BCUT2D eigenvalue weighted by Crippen LogP contribution is -1.80. The van der Waals surface area contributed by atoms with Gasteiger partial charge in [-0.3, -0.25) is 0 Å². The monoisotopic (exact) mass is 500 g/mol. The third-order valence-electron chi connectivity index (χ3n) is 4.56. The fraction of sp³-hybridized carbons (Fsp3) is 0.273. The van der Waals surface area contributed by atoms with Crippen LogP contribution in [0.25, 0.3) is 22.6 Å². The normalized spacial score (nSPS) is 10.4. The van der Waals surface area contributed by atoms with Crippen molar-refractivity contribution in [2.75, 3.05) is 12.5 Å². The minimum atomic E-state index is 0.744. The van der Waals surface area contributed by atoms with E-state index in [4.69, 9.17) is 19.6 Å². The van der Waals surface area contributed by atoms with Crippen molar-refractivity contribution in [3.05, 3.63) is 44.5 Å². The first kappa shape index (κ1) is 24.1. The quantitative estimate of drug-likeness (QED) is 0.271. The highest BCUT2D eigenvalue weighted by Crippen LogP contribution is 2.42. The molecule has 0 aliphatic heterocycles. The third kappa shape index (κ3) is 4.79. The molecule has 0 bridgehead atoms. The molecule has 4 heterocycles. The van der Waals surface area contributed by atoms with Crippen molar-refractivity contribution in [3.8, 4) is 34.7 Å². The van der Waals surface area contributed by atoms with Gasteiger partial charge in [0.15, 0.2) is 5.76 Å². The second-order valence-electron chi connectivity index (χ2n) is 6.72. The maximum absolute atomic E-state index is 9.01. The van der Waals surface area contributed by atoms with Crippen molar-refractivity contribution in [1.82, 2.24) is 10.3 Å². The van der Waals surface area contributed by atoms with Crippen LogP contribution in [0.1, 0.15) is 32.3 Å². The SMILES string of the molecule is CSc1sc(C#N)c(C)c1-c1cc(C)no1.CSc1sc(C#N)c(C)c1-c1cc(C)on1. The van der Waals surface area contributed by atoms with Crippen LogP contribution in [0.4, 0.5) is 0 Å². The summed E-state index contributed by atoms with van der Waals surface area (Å²) in [6.07, 6.45) is 4.00. The molecular weight excluding hydrogens is 481 g/mol. The lowest BCUT2D eigenvalue weighted by atomic mass is 10.1. The first-order valence-electron chi connectivity index (χ1n) is 9.36. The van der Waals surface area contributed by atoms with E-state index in [1.165, 1.54) is 22.7 Å². The molecule has 0 saturated carbocycles. The van der Waals surface area contributed by atoms with Crippen molar-refractivity contribution in [1.29, 1.82) is 10.5 Å². The molecule has 4 rings (SSSR count). The molecule has 0 atom stereocenters. The van der Waals surface area contributed by atoms with E-state index in [0.717, 1.165) is 63.3 Å². The Hall–Kier alpha value is -2.50. The molecule has 164 valence electrons. The standard InChI is InChI=1S/2C11H10N2OS2/c1-6-4-8(13-14-6)10-7(2)9(5-12)16-11(10)15-3;1-6-4-8(14-13-6)10-7(2)9(5-12)16-11(10)15-3/h2*4H,1-3H3. The Morgan fingerprint density at radius 1 is 0.812 bits per heavy atom. The average Bonchev–Trinajstić information content (AvgIpc) is 3.54. The van der Waals surface area contributed by atoms with Gasteiger partial charge in [-0.1, -0.05) is 10.3 Å². The zero-order chi connectivity index (χ0) is 23.4. The van der Waals surface area contributed by atoms with Crippen LogP contribution in [0.3, 0.4) is 0 Å². The highest BCUT2D eigenvalue weighted by atomic mass is 32.2. The Morgan fingerprint density at radius 2 is 1.38 bits per heavy atom. The summed E-state index contributed by atoms with van der Waals surface area (Å²) in [6, 6.07) is 8.22. The van der Waals surface area contributed by atoms with Gasteiger partial charge in [-0.25, -0.2) is 0 Å². The molecule has 0 radical (unpaired) electrons. The largest absolute Gasteiger partial charge is 0.361 e. The van der Waals surface area contributed by atoms with Crippen LogP contribution in [0.5, 0.6) is 0 Å². The van der Waals surface area contributed by atoms with Gasteiger partial charge in [-0.15, -0.1) is 46.2 Å². The zero-order valence-electron chi connectivity index (χ0n) is 18.4. The van der Waals surface area contributed by atoms with Crippen molar-refractivity contribution in [2.24, 2.45) is 0 Å². The molecule has 32 heavy (non-hydrogen) atoms. The molecule has 0 aromatic carbocycles. The molecule has 0 spiro atoms. The van der Waals surface area contributed by atoms with Crippen LogP contribution in [-0.2, 0) is 0 Å². The van der Waals surface area contributed by atoms with E-state index in [2.05, 4.69) is 22.5 Å². The molecule has 0 aliphatic rings. The van der Waals surface area contributed by atoms with Crippen LogP contribution >= 0.6 is 46.2 Å². The van der Waals surface area contributed by atoms with E-state index in [1.54, 1.807) is 23.5 Å². The van der Waals surface area contributed by atoms with Crippen molar-refractivity contribution < 1.29 is 9.05 Å². The summed E-state index contributed by atoms with van der Waals surface area (Å²) in [5.74, 6) is 1.53. The van der Waals surface area contributed by atoms with E-state index in [-0.39, 0.29) is 0 Å². The van der Waals surface area contributed by atoms with Crippen molar-refractivity contribution in [3.63, 3.8) is 0 Å². The summed E-state index contributed by atoms with van der Waals surface area (Å²) < 4.78 is 12.6. The second-order valence-corrected chi connectivity index (χ2v) is 10.9. The van der Waals surface area contributed by atoms with Crippen molar-refractivity contribution in [2.45, 2.75) is 36.1 Å². The molecule has 0 amide bonds. The number of thiophene rings is 2. The van der Waals surface area contributed by atoms with Crippen LogP contribution in [0, 0.1) is 50.4 Å². The highest BCUT2D eigenvalue weighted by Gasteiger charge is 2.20. The Morgan fingerprint density at radius 3 is 1.81 bits per heavy atom. The number of nitriles is 2. The van der Waals surface area contributed by atoms with Crippen molar-refractivity contribution >= 4 is 46.2 Å². The van der Waals surface area contributed by atoms with Gasteiger partial charge in [0, 0.05) is 23.3 Å². The van der Waals surface area contributed by atoms with Gasteiger partial charge in [0.25, 0.3) is 0 Å². The highest BCUT2D eigenvalue weighted by molar-refractivity contribution is 8.00. The Labute approximate surface area is 203 Å². The van der Waals surface area contributed by atoms with E-state index in [9.17, 15) is 0 Å². The summed E-state index contributed by atoms with van der Waals surface area (Å²) in [5.41, 5.74) is 5.68. The van der Waals surface area contributed by atoms with Crippen LogP contribution < -0.4 is 0 Å². The molecule has 10 heteroatoms. The van der Waals surface area contributed by atoms with Crippen LogP contribution in [0.2, 0.25) is 0 Å². The van der Waals surface area contributed by atoms with Gasteiger partial charge in [0.05, 0.1) is 14.1 Å². The summed E-state index contributed by atoms with van der Waals surface area (Å²) in [4.78, 5) is 1.49. The number of rotatable bonds is 4. The first-order valence-corrected chi connectivity index (χ1v) is 13.4. The van der Waals surface area contributed by atoms with Gasteiger partial charge in [0.1, 0.15) is 33.3 Å². The summed E-state index contributed by atoms with van der Waals surface area (Å²) in [7, 11) is 0. The minimum Gasteiger partial charge on any atom is -0.361 e. The zero-order valence-corrected chi connectivity index (χ0v) is 21.7. The Bertz CT molecular complexity index is 1230. The number of hydrogen-bond acceptors (Lipinski definition) is 10. The Balaban J connectivity index is 0.000000181. The maximum Gasteiger partial charge on any atom is 0.169 e. The number of aromatic nitrogens is 2. The summed E-state index contributed by atoms with van der Waals surface area (Å²) in [5, 5.41) is 25.9. The second kappa shape index (κ2) is 10.4. The fourth-order valence-electron chi connectivity index (χ4n) is 3.02. The minimum absolute atomic E-state index is 0.744. The van der Waals surface area contributed by atoms with Crippen LogP contribution in [-0.4, -0.2) is 22.8 Å². The average molecular weight is 501 g/mol. The number of nitrogens with zero attached hydrogens (tertiary/aromatic N) is 4. The topological polar surface area (TPSA) is 99.6 Å². The van der Waals surface area contributed by atoms with Crippen LogP contribution in [0.15, 0.2) is 29.6 Å². The molecule has 0 aliphatic carbocycles. The summed E-state index contributed by atoms with van der Waals surface area (Å²) >= 11 is 6.28. The molecule has 0 saturated heterocycles. The lowest BCUT2D eigenvalue weighted by Gasteiger charge is -1.97. The molecule has 4 aromatic rings. The fourth-order valence-corrected chi connectivity index (χ4v) is 6.80. The molecule has 4 aromatic heterocycles. The summed E-state index contributed by atoms with van der Waals surface area (Å²) in [6.45, 7) is 7.65. The third-order valence-corrected chi connectivity index (χ3v) is 9.19. The predicted octanol–water partition coefficient (Wildman–Crippen LogP) is 7.23. The van der Waals surface area contributed by atoms with Gasteiger partial charge >= 0.3 is 0 Å². The van der Waals surface area contributed by atoms with E-state index >= 15 is 0 Å². The number of hydrogen-bond donors (Lipinski definition) is 0. The number of thioether (sulfide) groups is 2.